The summed E-state index contributed by atoms with van der Waals surface area (Å²) in [7, 11) is 0. The maximum Gasteiger partial charge on any atom is 0.134 e. The summed E-state index contributed by atoms with van der Waals surface area (Å²) in [4.78, 5) is 9.10. The third-order valence-electron chi connectivity index (χ3n) is 3.25. The normalized spacial score (nSPS) is 11.5. The molecule has 0 atom stereocenters. The number of nitrogens with zero attached hydrogens (tertiary/aromatic N) is 2. The average molecular weight is 302 g/mol. The highest BCUT2D eigenvalue weighted by atomic mass is 19.1. The molecule has 22 heavy (non-hydrogen) atoms. The van der Waals surface area contributed by atoms with Crippen LogP contribution < -0.4 is 11.1 Å². The maximum absolute atomic E-state index is 13.5. The van der Waals surface area contributed by atoms with Crippen LogP contribution >= 0.6 is 0 Å². The van der Waals surface area contributed by atoms with Gasteiger partial charge in [-0.2, -0.15) is 0 Å². The molecular formula is C17H23FN4. The molecular weight excluding hydrogens is 279 g/mol. The van der Waals surface area contributed by atoms with Crippen molar-refractivity contribution in [3.8, 4) is 11.3 Å². The van der Waals surface area contributed by atoms with Gasteiger partial charge in [-0.3, -0.25) is 0 Å². The topological polar surface area (TPSA) is 63.8 Å². The maximum atomic E-state index is 13.5. The van der Waals surface area contributed by atoms with Crippen molar-refractivity contribution in [1.29, 1.82) is 0 Å². The first-order valence-corrected chi connectivity index (χ1v) is 7.49. The Balaban J connectivity index is 2.45. The lowest BCUT2D eigenvalue weighted by Gasteiger charge is -2.19. The van der Waals surface area contributed by atoms with E-state index >= 15 is 0 Å². The van der Waals surface area contributed by atoms with Crippen LogP contribution in [0.1, 0.15) is 33.0 Å². The molecule has 0 bridgehead atoms. The van der Waals surface area contributed by atoms with Crippen molar-refractivity contribution >= 4 is 5.69 Å². The lowest BCUT2D eigenvalue weighted by molar-refractivity contribution is 0.546. The van der Waals surface area contributed by atoms with Crippen molar-refractivity contribution in [2.75, 3.05) is 18.4 Å². The minimum absolute atomic E-state index is 0.169. The highest BCUT2D eigenvalue weighted by Crippen LogP contribution is 2.29. The molecule has 0 fully saturated rings. The molecule has 1 aromatic carbocycles. The number of aromatic nitrogens is 2. The van der Waals surface area contributed by atoms with Crippen LogP contribution in [0.25, 0.3) is 11.3 Å². The minimum Gasteiger partial charge on any atom is -0.382 e. The second-order valence-electron chi connectivity index (χ2n) is 6.29. The second kappa shape index (κ2) is 6.83. The molecule has 0 aliphatic carbocycles. The van der Waals surface area contributed by atoms with Gasteiger partial charge in [-0.25, -0.2) is 14.4 Å². The monoisotopic (exact) mass is 302 g/mol. The van der Waals surface area contributed by atoms with Crippen molar-refractivity contribution in [3.05, 3.63) is 42.1 Å². The van der Waals surface area contributed by atoms with E-state index in [9.17, 15) is 4.39 Å². The van der Waals surface area contributed by atoms with Crippen LogP contribution in [0.5, 0.6) is 0 Å². The summed E-state index contributed by atoms with van der Waals surface area (Å²) in [5.74, 6) is 0.456. The number of halogens is 1. The van der Waals surface area contributed by atoms with Crippen molar-refractivity contribution in [2.24, 2.45) is 5.73 Å². The molecule has 0 saturated heterocycles. The van der Waals surface area contributed by atoms with Crippen LogP contribution in [0, 0.1) is 5.82 Å². The van der Waals surface area contributed by atoms with E-state index in [1.165, 1.54) is 12.1 Å². The average Bonchev–Trinajstić information content (AvgIpc) is 2.46. The highest BCUT2D eigenvalue weighted by molar-refractivity contribution is 5.73. The summed E-state index contributed by atoms with van der Waals surface area (Å²) in [5, 5.41) is 3.28. The van der Waals surface area contributed by atoms with Gasteiger partial charge in [-0.1, -0.05) is 32.9 Å². The minimum atomic E-state index is -0.277. The largest absolute Gasteiger partial charge is 0.382 e. The zero-order valence-electron chi connectivity index (χ0n) is 13.4. The number of anilines is 1. The quantitative estimate of drug-likeness (QED) is 0.831. The Labute approximate surface area is 131 Å². The van der Waals surface area contributed by atoms with E-state index in [1.807, 2.05) is 6.07 Å². The smallest absolute Gasteiger partial charge is 0.134 e. The number of hydrogen-bond acceptors (Lipinski definition) is 4. The van der Waals surface area contributed by atoms with Gasteiger partial charge < -0.3 is 11.1 Å². The van der Waals surface area contributed by atoms with Crippen LogP contribution in [-0.2, 0) is 5.41 Å². The van der Waals surface area contributed by atoms with Crippen LogP contribution in [0.4, 0.5) is 10.1 Å². The molecule has 5 heteroatoms. The van der Waals surface area contributed by atoms with Crippen molar-refractivity contribution < 1.29 is 4.39 Å². The molecule has 4 nitrogen and oxygen atoms in total. The fourth-order valence-electron chi connectivity index (χ4n) is 2.05. The second-order valence-corrected chi connectivity index (χ2v) is 6.29. The van der Waals surface area contributed by atoms with Gasteiger partial charge in [0.15, 0.2) is 0 Å². The predicted octanol–water partition coefficient (Wildman–Crippen LogP) is 3.34. The van der Waals surface area contributed by atoms with E-state index in [2.05, 4.69) is 36.1 Å². The molecule has 0 unspecified atom stereocenters. The van der Waals surface area contributed by atoms with Crippen LogP contribution in [0.3, 0.4) is 0 Å². The number of nitrogens with two attached hydrogens (primary N) is 1. The van der Waals surface area contributed by atoms with Crippen LogP contribution in [-0.4, -0.2) is 23.1 Å². The summed E-state index contributed by atoms with van der Waals surface area (Å²) in [5.41, 5.74) is 7.61. The molecule has 1 heterocycles. The first-order chi connectivity index (χ1) is 10.4. The molecule has 0 aliphatic heterocycles. The fraction of sp³-hybridized carbons (Fsp3) is 0.412. The summed E-state index contributed by atoms with van der Waals surface area (Å²) in [6.07, 6.45) is 2.62. The van der Waals surface area contributed by atoms with Crippen molar-refractivity contribution in [2.45, 2.75) is 32.6 Å². The standard InChI is InChI=1S/C17H23FN4/c1-17(2,3)16-21-11-14(20-9-5-8-19)15(22-16)12-6-4-7-13(18)10-12/h4,6-7,10-11,20H,5,8-9,19H2,1-3H3. The molecule has 3 N–H and O–H groups in total. The van der Waals surface area contributed by atoms with E-state index in [0.717, 1.165) is 35.7 Å². The van der Waals surface area contributed by atoms with Gasteiger partial charge in [0.25, 0.3) is 0 Å². The van der Waals surface area contributed by atoms with E-state index in [1.54, 1.807) is 12.3 Å². The zero-order chi connectivity index (χ0) is 16.2. The number of nitrogens with one attached hydrogen (secondary N) is 1. The number of rotatable bonds is 5. The molecule has 0 saturated carbocycles. The predicted molar refractivity (Wildman–Crippen MR) is 88.3 cm³/mol. The van der Waals surface area contributed by atoms with Gasteiger partial charge in [0.1, 0.15) is 11.6 Å². The Bertz CT molecular complexity index is 635. The lowest BCUT2D eigenvalue weighted by Crippen LogP contribution is -2.17. The third-order valence-corrected chi connectivity index (χ3v) is 3.25. The van der Waals surface area contributed by atoms with Crippen LogP contribution in [0.15, 0.2) is 30.5 Å². The first-order valence-electron chi connectivity index (χ1n) is 7.49. The molecule has 0 radical (unpaired) electrons. The summed E-state index contributed by atoms with van der Waals surface area (Å²) >= 11 is 0. The van der Waals surface area contributed by atoms with Crippen molar-refractivity contribution in [1.82, 2.24) is 9.97 Å². The molecule has 0 aliphatic rings. The molecule has 0 amide bonds. The Morgan fingerprint density at radius 2 is 2.05 bits per heavy atom. The lowest BCUT2D eigenvalue weighted by atomic mass is 9.95. The Hall–Kier alpha value is -2.01. The Morgan fingerprint density at radius 3 is 2.68 bits per heavy atom. The fourth-order valence-corrected chi connectivity index (χ4v) is 2.05. The van der Waals surface area contributed by atoms with Crippen LogP contribution in [0.2, 0.25) is 0 Å². The molecule has 0 spiro atoms. The van der Waals surface area contributed by atoms with E-state index in [-0.39, 0.29) is 11.2 Å². The van der Waals surface area contributed by atoms with Gasteiger partial charge in [0.05, 0.1) is 17.6 Å². The number of benzene rings is 1. The van der Waals surface area contributed by atoms with Gasteiger partial charge >= 0.3 is 0 Å². The number of hydrogen-bond donors (Lipinski definition) is 2. The summed E-state index contributed by atoms with van der Waals surface area (Å²) in [6, 6.07) is 6.46. The van der Waals surface area contributed by atoms with Gasteiger partial charge in [0.2, 0.25) is 0 Å². The van der Waals surface area contributed by atoms with E-state index in [0.29, 0.717) is 6.54 Å². The van der Waals surface area contributed by atoms with E-state index in [4.69, 9.17) is 5.73 Å². The van der Waals surface area contributed by atoms with Gasteiger partial charge in [-0.15, -0.1) is 0 Å². The summed E-state index contributed by atoms with van der Waals surface area (Å²) in [6.45, 7) is 7.51. The molecule has 2 aromatic rings. The highest BCUT2D eigenvalue weighted by Gasteiger charge is 2.20. The summed E-state index contributed by atoms with van der Waals surface area (Å²) < 4.78 is 13.5. The van der Waals surface area contributed by atoms with E-state index < -0.39 is 0 Å². The Morgan fingerprint density at radius 1 is 1.27 bits per heavy atom. The molecule has 2 rings (SSSR count). The molecule has 118 valence electrons. The SMILES string of the molecule is CC(C)(C)c1ncc(NCCCN)c(-c2cccc(F)c2)n1. The Kier molecular flexibility index (Phi) is 5.08. The first kappa shape index (κ1) is 16.4. The molecule has 1 aromatic heterocycles. The third kappa shape index (κ3) is 4.01. The van der Waals surface area contributed by atoms with Gasteiger partial charge in [0, 0.05) is 17.5 Å². The van der Waals surface area contributed by atoms with Crippen molar-refractivity contribution in [3.63, 3.8) is 0 Å². The zero-order valence-corrected chi connectivity index (χ0v) is 13.4. The van der Waals surface area contributed by atoms with Gasteiger partial charge in [-0.05, 0) is 25.1 Å².